The lowest BCUT2D eigenvalue weighted by molar-refractivity contribution is 0.0612. The van der Waals surface area contributed by atoms with Crippen LogP contribution in [0.25, 0.3) is 0 Å². The molecule has 1 saturated heterocycles. The first-order chi connectivity index (χ1) is 7.74. The van der Waals surface area contributed by atoms with E-state index in [0.29, 0.717) is 6.04 Å². The van der Waals surface area contributed by atoms with Crippen molar-refractivity contribution in [3.63, 3.8) is 0 Å². The van der Waals surface area contributed by atoms with Crippen LogP contribution in [-0.2, 0) is 0 Å². The summed E-state index contributed by atoms with van der Waals surface area (Å²) < 4.78 is 0. The molecule has 1 aliphatic rings. The monoisotopic (exact) mass is 237 g/mol. The Morgan fingerprint density at radius 2 is 2.38 bits per heavy atom. The second kappa shape index (κ2) is 5.00. The van der Waals surface area contributed by atoms with Gasteiger partial charge < -0.3 is 4.90 Å². The maximum absolute atomic E-state index is 12.4. The van der Waals surface area contributed by atoms with Gasteiger partial charge in [0.2, 0.25) is 0 Å². The lowest BCUT2D eigenvalue weighted by atomic mass is 9.99. The second-order valence-corrected chi connectivity index (χ2v) is 5.41. The van der Waals surface area contributed by atoms with Crippen molar-refractivity contribution in [1.29, 1.82) is 0 Å². The van der Waals surface area contributed by atoms with Gasteiger partial charge in [0.25, 0.3) is 5.91 Å². The predicted molar refractivity (Wildman–Crippen MR) is 68.0 cm³/mol. The molecule has 2 nitrogen and oxygen atoms in total. The first kappa shape index (κ1) is 11.6. The first-order valence-corrected chi connectivity index (χ1v) is 6.97. The van der Waals surface area contributed by atoms with Gasteiger partial charge in [-0.05, 0) is 49.6 Å². The van der Waals surface area contributed by atoms with E-state index >= 15 is 0 Å². The minimum Gasteiger partial charge on any atom is -0.335 e. The van der Waals surface area contributed by atoms with Gasteiger partial charge >= 0.3 is 0 Å². The van der Waals surface area contributed by atoms with Crippen molar-refractivity contribution < 1.29 is 4.79 Å². The summed E-state index contributed by atoms with van der Waals surface area (Å²) in [6, 6.07) is 2.49. The summed E-state index contributed by atoms with van der Waals surface area (Å²) in [6.07, 6.45) is 4.68. The molecule has 2 heterocycles. The van der Waals surface area contributed by atoms with Gasteiger partial charge in [0, 0.05) is 12.6 Å². The molecule has 16 heavy (non-hydrogen) atoms. The van der Waals surface area contributed by atoms with Gasteiger partial charge in [0.15, 0.2) is 0 Å². The highest BCUT2D eigenvalue weighted by Crippen LogP contribution is 2.25. The number of thiophene rings is 1. The molecule has 0 radical (unpaired) electrons. The molecule has 1 unspecified atom stereocenters. The van der Waals surface area contributed by atoms with Crippen LogP contribution in [0.5, 0.6) is 0 Å². The van der Waals surface area contributed by atoms with Crippen LogP contribution in [0.1, 0.15) is 47.8 Å². The van der Waals surface area contributed by atoms with Crippen LogP contribution in [0.2, 0.25) is 0 Å². The molecule has 1 amide bonds. The Morgan fingerprint density at radius 3 is 3.00 bits per heavy atom. The molecule has 1 fully saturated rings. The lowest BCUT2D eigenvalue weighted by Gasteiger charge is -2.35. The summed E-state index contributed by atoms with van der Waals surface area (Å²) in [4.78, 5) is 15.4. The fraction of sp³-hybridized carbons (Fsp3) is 0.615. The van der Waals surface area contributed by atoms with Gasteiger partial charge in [-0.15, -0.1) is 11.3 Å². The number of rotatable bonds is 2. The maximum atomic E-state index is 12.4. The van der Waals surface area contributed by atoms with Crippen LogP contribution in [0, 0.1) is 6.92 Å². The average molecular weight is 237 g/mol. The average Bonchev–Trinajstić information content (AvgIpc) is 2.74. The summed E-state index contributed by atoms with van der Waals surface area (Å²) in [5.41, 5.74) is 1.12. The van der Waals surface area contributed by atoms with E-state index in [2.05, 4.69) is 11.8 Å². The number of carbonyl (C=O) groups excluding carboxylic acids is 1. The van der Waals surface area contributed by atoms with Crippen LogP contribution >= 0.6 is 11.3 Å². The van der Waals surface area contributed by atoms with Crippen molar-refractivity contribution in [2.45, 2.75) is 45.6 Å². The van der Waals surface area contributed by atoms with E-state index in [4.69, 9.17) is 0 Å². The summed E-state index contributed by atoms with van der Waals surface area (Å²) in [5, 5.41) is 2.01. The quantitative estimate of drug-likeness (QED) is 0.771. The molecule has 2 rings (SSSR count). The third kappa shape index (κ3) is 2.14. The van der Waals surface area contributed by atoms with Gasteiger partial charge in [0.05, 0.1) is 4.88 Å². The summed E-state index contributed by atoms with van der Waals surface area (Å²) >= 11 is 1.57. The van der Waals surface area contributed by atoms with E-state index in [1.165, 1.54) is 12.8 Å². The largest absolute Gasteiger partial charge is 0.335 e. The zero-order chi connectivity index (χ0) is 11.5. The second-order valence-electron chi connectivity index (χ2n) is 4.49. The molecule has 0 spiro atoms. The van der Waals surface area contributed by atoms with E-state index < -0.39 is 0 Å². The van der Waals surface area contributed by atoms with Crippen LogP contribution in [0.4, 0.5) is 0 Å². The molecule has 1 aliphatic heterocycles. The number of hydrogen-bond acceptors (Lipinski definition) is 2. The Kier molecular flexibility index (Phi) is 3.64. The van der Waals surface area contributed by atoms with Crippen molar-refractivity contribution in [2.75, 3.05) is 6.54 Å². The molecule has 3 heteroatoms. The molecule has 1 aromatic heterocycles. The van der Waals surface area contributed by atoms with Crippen LogP contribution < -0.4 is 0 Å². The summed E-state index contributed by atoms with van der Waals surface area (Å²) in [6.45, 7) is 5.14. The molecule has 1 atom stereocenters. The van der Waals surface area contributed by atoms with Crippen molar-refractivity contribution in [1.82, 2.24) is 4.90 Å². The Morgan fingerprint density at radius 1 is 1.56 bits per heavy atom. The molecule has 0 aliphatic carbocycles. The molecule has 0 aromatic carbocycles. The smallest absolute Gasteiger partial charge is 0.264 e. The number of piperidine rings is 1. The van der Waals surface area contributed by atoms with Crippen molar-refractivity contribution in [3.8, 4) is 0 Å². The molecule has 0 bridgehead atoms. The van der Waals surface area contributed by atoms with Crippen LogP contribution in [-0.4, -0.2) is 23.4 Å². The lowest BCUT2D eigenvalue weighted by Crippen LogP contribution is -2.43. The van der Waals surface area contributed by atoms with Crippen molar-refractivity contribution >= 4 is 17.2 Å². The highest BCUT2D eigenvalue weighted by atomic mass is 32.1. The Labute approximate surface area is 101 Å². The molecule has 0 saturated carbocycles. The zero-order valence-electron chi connectivity index (χ0n) is 10.0. The predicted octanol–water partition coefficient (Wildman–Crippen LogP) is 3.46. The first-order valence-electron chi connectivity index (χ1n) is 6.09. The summed E-state index contributed by atoms with van der Waals surface area (Å²) in [5.74, 6) is 0.249. The van der Waals surface area contributed by atoms with Crippen LogP contribution in [0.3, 0.4) is 0 Å². The van der Waals surface area contributed by atoms with E-state index in [-0.39, 0.29) is 5.91 Å². The third-order valence-corrected chi connectivity index (χ3v) is 4.42. The number of carbonyl (C=O) groups is 1. The number of nitrogens with zero attached hydrogens (tertiary/aromatic N) is 1. The zero-order valence-corrected chi connectivity index (χ0v) is 10.8. The molecular weight excluding hydrogens is 218 g/mol. The molecule has 88 valence electrons. The van der Waals surface area contributed by atoms with E-state index in [0.717, 1.165) is 29.8 Å². The third-order valence-electron chi connectivity index (χ3n) is 3.42. The van der Waals surface area contributed by atoms with Crippen molar-refractivity contribution in [3.05, 3.63) is 21.9 Å². The Bertz CT molecular complexity index is 372. The standard InChI is InChI=1S/C13H19NOS/c1-3-11-6-4-5-8-14(11)13(15)12-10(2)7-9-16-12/h7,9,11H,3-6,8H2,1-2H3. The fourth-order valence-electron chi connectivity index (χ4n) is 2.41. The minimum atomic E-state index is 0.249. The highest BCUT2D eigenvalue weighted by molar-refractivity contribution is 7.12. The highest BCUT2D eigenvalue weighted by Gasteiger charge is 2.27. The van der Waals surface area contributed by atoms with Gasteiger partial charge in [-0.25, -0.2) is 0 Å². The summed E-state index contributed by atoms with van der Waals surface area (Å²) in [7, 11) is 0. The van der Waals surface area contributed by atoms with Crippen LogP contribution in [0.15, 0.2) is 11.4 Å². The van der Waals surface area contributed by atoms with Gasteiger partial charge in [-0.1, -0.05) is 6.92 Å². The van der Waals surface area contributed by atoms with Crippen molar-refractivity contribution in [2.24, 2.45) is 0 Å². The Balaban J connectivity index is 2.17. The number of aryl methyl sites for hydroxylation is 1. The van der Waals surface area contributed by atoms with E-state index in [1.807, 2.05) is 18.4 Å². The molecule has 1 aromatic rings. The normalized spacial score (nSPS) is 21.1. The molecular formula is C13H19NOS. The van der Waals surface area contributed by atoms with E-state index in [9.17, 15) is 4.79 Å². The SMILES string of the molecule is CCC1CCCCN1C(=O)c1sccc1C. The topological polar surface area (TPSA) is 20.3 Å². The maximum Gasteiger partial charge on any atom is 0.264 e. The Hall–Kier alpha value is -0.830. The van der Waals surface area contributed by atoms with Gasteiger partial charge in [0.1, 0.15) is 0 Å². The minimum absolute atomic E-state index is 0.249. The number of likely N-dealkylation sites (tertiary alicyclic amines) is 1. The van der Waals surface area contributed by atoms with Gasteiger partial charge in [-0.3, -0.25) is 4.79 Å². The van der Waals surface area contributed by atoms with Gasteiger partial charge in [-0.2, -0.15) is 0 Å². The molecule has 0 N–H and O–H groups in total. The number of amides is 1. The van der Waals surface area contributed by atoms with E-state index in [1.54, 1.807) is 11.3 Å². The number of hydrogen-bond donors (Lipinski definition) is 0. The fourth-order valence-corrected chi connectivity index (χ4v) is 3.29.